The summed E-state index contributed by atoms with van der Waals surface area (Å²) in [6, 6.07) is 10.7. The molecule has 0 spiro atoms. The fraction of sp³-hybridized carbons (Fsp3) is 0.381. The zero-order chi connectivity index (χ0) is 20.9. The van der Waals surface area contributed by atoms with Crippen molar-refractivity contribution in [3.63, 3.8) is 0 Å². The molecule has 0 aliphatic heterocycles. The Labute approximate surface area is 168 Å². The van der Waals surface area contributed by atoms with Crippen LogP contribution in [0.3, 0.4) is 0 Å². The molecule has 0 unspecified atom stereocenters. The summed E-state index contributed by atoms with van der Waals surface area (Å²) in [7, 11) is -3.58. The molecule has 0 fully saturated rings. The number of benzene rings is 2. The smallest absolute Gasteiger partial charge is 0.243 e. The third-order valence-electron chi connectivity index (χ3n) is 4.87. The lowest BCUT2D eigenvalue weighted by molar-refractivity contribution is -0.114. The summed E-state index contributed by atoms with van der Waals surface area (Å²) in [6.07, 6.45) is 0. The van der Waals surface area contributed by atoms with Crippen LogP contribution in [-0.4, -0.2) is 38.3 Å². The van der Waals surface area contributed by atoms with E-state index in [9.17, 15) is 13.2 Å². The Bertz CT molecular complexity index is 951. The first-order chi connectivity index (χ1) is 13.2. The Morgan fingerprint density at radius 2 is 1.64 bits per heavy atom. The molecule has 0 aliphatic carbocycles. The fourth-order valence-corrected chi connectivity index (χ4v) is 4.41. The highest BCUT2D eigenvalue weighted by Gasteiger charge is 2.22. The number of carbonyl (C=O) groups excluding carboxylic acids is 1. The third kappa shape index (κ3) is 4.91. The fourth-order valence-electron chi connectivity index (χ4n) is 2.92. The number of carbonyl (C=O) groups is 1. The van der Waals surface area contributed by atoms with Crippen molar-refractivity contribution >= 4 is 27.3 Å². The number of nitrogens with one attached hydrogen (secondary N) is 2. The van der Waals surface area contributed by atoms with Gasteiger partial charge in [0, 0.05) is 24.5 Å². The molecule has 7 heteroatoms. The van der Waals surface area contributed by atoms with Crippen molar-refractivity contribution in [2.24, 2.45) is 0 Å². The third-order valence-corrected chi connectivity index (χ3v) is 6.92. The van der Waals surface area contributed by atoms with Crippen LogP contribution < -0.4 is 10.6 Å². The molecule has 6 nitrogen and oxygen atoms in total. The topological polar surface area (TPSA) is 78.5 Å². The maximum atomic E-state index is 12.7. The summed E-state index contributed by atoms with van der Waals surface area (Å²) in [5.74, 6) is -0.235. The average molecular weight is 404 g/mol. The van der Waals surface area contributed by atoms with Crippen molar-refractivity contribution in [1.82, 2.24) is 4.31 Å². The quantitative estimate of drug-likeness (QED) is 0.705. The number of anilines is 2. The second-order valence-electron chi connectivity index (χ2n) is 6.72. The van der Waals surface area contributed by atoms with Gasteiger partial charge in [0.25, 0.3) is 0 Å². The largest absolute Gasteiger partial charge is 0.376 e. The van der Waals surface area contributed by atoms with E-state index in [0.29, 0.717) is 18.8 Å². The molecule has 152 valence electrons. The Morgan fingerprint density at radius 1 is 0.964 bits per heavy atom. The van der Waals surface area contributed by atoms with Crippen LogP contribution in [0.15, 0.2) is 41.3 Å². The monoisotopic (exact) mass is 403 g/mol. The molecule has 2 aromatic rings. The molecule has 0 atom stereocenters. The summed E-state index contributed by atoms with van der Waals surface area (Å²) in [6.45, 7) is 10.3. The number of rotatable bonds is 8. The van der Waals surface area contributed by atoms with E-state index in [0.717, 1.165) is 22.4 Å². The summed E-state index contributed by atoms with van der Waals surface area (Å²) in [5.41, 5.74) is 4.46. The first-order valence-corrected chi connectivity index (χ1v) is 10.9. The second kappa shape index (κ2) is 9.21. The maximum absolute atomic E-state index is 12.7. The summed E-state index contributed by atoms with van der Waals surface area (Å²) in [4.78, 5) is 12.6. The highest BCUT2D eigenvalue weighted by atomic mass is 32.2. The zero-order valence-electron chi connectivity index (χ0n) is 17.2. The SMILES string of the molecule is CCN(CC)S(=O)(=O)c1ccc(C)c(NC(=O)CNc2cccc(C)c2C)c1. The first-order valence-electron chi connectivity index (χ1n) is 9.41. The number of amides is 1. The Balaban J connectivity index is 2.15. The van der Waals surface area contributed by atoms with Crippen molar-refractivity contribution in [2.75, 3.05) is 30.3 Å². The maximum Gasteiger partial charge on any atom is 0.243 e. The molecule has 0 saturated heterocycles. The van der Waals surface area contributed by atoms with Gasteiger partial charge >= 0.3 is 0 Å². The van der Waals surface area contributed by atoms with Gasteiger partial charge in [0.15, 0.2) is 0 Å². The van der Waals surface area contributed by atoms with Gasteiger partial charge < -0.3 is 10.6 Å². The van der Waals surface area contributed by atoms with E-state index in [-0.39, 0.29) is 17.3 Å². The minimum Gasteiger partial charge on any atom is -0.376 e. The molecule has 0 bridgehead atoms. The van der Waals surface area contributed by atoms with Gasteiger partial charge in [-0.05, 0) is 55.7 Å². The Hall–Kier alpha value is -2.38. The molecular weight excluding hydrogens is 374 g/mol. The lowest BCUT2D eigenvalue weighted by Gasteiger charge is -2.19. The van der Waals surface area contributed by atoms with E-state index in [1.54, 1.807) is 26.0 Å². The van der Waals surface area contributed by atoms with Gasteiger partial charge in [-0.25, -0.2) is 8.42 Å². The number of nitrogens with zero attached hydrogens (tertiary/aromatic N) is 1. The molecule has 2 aromatic carbocycles. The molecule has 0 saturated carbocycles. The molecule has 28 heavy (non-hydrogen) atoms. The molecule has 0 aromatic heterocycles. The Kier molecular flexibility index (Phi) is 7.21. The van der Waals surface area contributed by atoms with Crippen molar-refractivity contribution in [3.05, 3.63) is 53.1 Å². The normalized spacial score (nSPS) is 11.5. The lowest BCUT2D eigenvalue weighted by atomic mass is 10.1. The standard InChI is InChI=1S/C21H29N3O3S/c1-6-24(7-2)28(26,27)18-12-11-16(4)20(13-18)23-21(25)14-22-19-10-8-9-15(3)17(19)5/h8-13,22H,6-7,14H2,1-5H3,(H,23,25). The zero-order valence-corrected chi connectivity index (χ0v) is 18.0. The van der Waals surface area contributed by atoms with Crippen LogP contribution in [0.4, 0.5) is 11.4 Å². The van der Waals surface area contributed by atoms with Gasteiger partial charge in [0.2, 0.25) is 15.9 Å². The van der Waals surface area contributed by atoms with Crippen LogP contribution in [0, 0.1) is 20.8 Å². The minimum absolute atomic E-state index is 0.0940. The summed E-state index contributed by atoms with van der Waals surface area (Å²) < 4.78 is 26.8. The van der Waals surface area contributed by atoms with Gasteiger partial charge in [-0.15, -0.1) is 0 Å². The molecule has 0 aliphatic rings. The average Bonchev–Trinajstić information content (AvgIpc) is 2.65. The van der Waals surface area contributed by atoms with E-state index in [1.807, 2.05) is 39.0 Å². The van der Waals surface area contributed by atoms with E-state index < -0.39 is 10.0 Å². The second-order valence-corrected chi connectivity index (χ2v) is 8.65. The Morgan fingerprint density at radius 3 is 2.29 bits per heavy atom. The van der Waals surface area contributed by atoms with Gasteiger partial charge in [0.05, 0.1) is 11.4 Å². The molecule has 0 heterocycles. The van der Waals surface area contributed by atoms with E-state index >= 15 is 0 Å². The van der Waals surface area contributed by atoms with Gasteiger partial charge in [-0.3, -0.25) is 4.79 Å². The van der Waals surface area contributed by atoms with Crippen molar-refractivity contribution < 1.29 is 13.2 Å². The predicted molar refractivity (Wildman–Crippen MR) is 114 cm³/mol. The van der Waals surface area contributed by atoms with E-state index in [4.69, 9.17) is 0 Å². The number of hydrogen-bond donors (Lipinski definition) is 2. The number of hydrogen-bond acceptors (Lipinski definition) is 4. The van der Waals surface area contributed by atoms with Crippen molar-refractivity contribution in [2.45, 2.75) is 39.5 Å². The van der Waals surface area contributed by atoms with Crippen LogP contribution >= 0.6 is 0 Å². The predicted octanol–water partition coefficient (Wildman–Crippen LogP) is 3.69. The van der Waals surface area contributed by atoms with Crippen LogP contribution in [0.1, 0.15) is 30.5 Å². The van der Waals surface area contributed by atoms with E-state index in [1.165, 1.54) is 10.4 Å². The molecule has 0 radical (unpaired) electrons. The summed E-state index contributed by atoms with van der Waals surface area (Å²) in [5, 5.41) is 5.95. The minimum atomic E-state index is -3.58. The first kappa shape index (κ1) is 21.9. The molecule has 2 N–H and O–H groups in total. The highest BCUT2D eigenvalue weighted by molar-refractivity contribution is 7.89. The van der Waals surface area contributed by atoms with Crippen molar-refractivity contribution in [1.29, 1.82) is 0 Å². The molecule has 1 amide bonds. The van der Waals surface area contributed by atoms with Crippen LogP contribution in [0.5, 0.6) is 0 Å². The molecular formula is C21H29N3O3S. The number of sulfonamides is 1. The van der Waals surface area contributed by atoms with Gasteiger partial charge in [0.1, 0.15) is 0 Å². The number of aryl methyl sites for hydroxylation is 2. The molecule has 2 rings (SSSR count). The van der Waals surface area contributed by atoms with Crippen LogP contribution in [-0.2, 0) is 14.8 Å². The lowest BCUT2D eigenvalue weighted by Crippen LogP contribution is -2.30. The van der Waals surface area contributed by atoms with Crippen LogP contribution in [0.2, 0.25) is 0 Å². The van der Waals surface area contributed by atoms with Crippen LogP contribution in [0.25, 0.3) is 0 Å². The summed E-state index contributed by atoms with van der Waals surface area (Å²) >= 11 is 0. The van der Waals surface area contributed by atoms with Crippen molar-refractivity contribution in [3.8, 4) is 0 Å². The van der Waals surface area contributed by atoms with Gasteiger partial charge in [-0.2, -0.15) is 4.31 Å². The van der Waals surface area contributed by atoms with Gasteiger partial charge in [-0.1, -0.05) is 32.0 Å². The van der Waals surface area contributed by atoms with E-state index in [2.05, 4.69) is 10.6 Å². The highest BCUT2D eigenvalue weighted by Crippen LogP contribution is 2.23.